The maximum Gasteiger partial charge on any atom is 0.336 e. The Labute approximate surface area is 171 Å². The molecule has 2 aromatic rings. The number of nitrogens with zero attached hydrogens (tertiary/aromatic N) is 2. The highest BCUT2D eigenvalue weighted by atomic mass is 32.1. The number of thiophene rings is 1. The second-order valence-electron chi connectivity index (χ2n) is 5.85. The fourth-order valence-corrected chi connectivity index (χ4v) is 3.45. The van der Waals surface area contributed by atoms with E-state index in [1.807, 2.05) is 0 Å². The lowest BCUT2D eigenvalue weighted by molar-refractivity contribution is -0.144. The quantitative estimate of drug-likeness (QED) is 0.529. The lowest BCUT2D eigenvalue weighted by Crippen LogP contribution is -2.46. The first-order chi connectivity index (χ1) is 14.0. The van der Waals surface area contributed by atoms with E-state index in [4.69, 9.17) is 14.2 Å². The molecule has 8 nitrogen and oxygen atoms in total. The number of allylic oxidation sites excluding steroid dienone is 1. The highest BCUT2D eigenvalue weighted by molar-refractivity contribution is 7.13. The Morgan fingerprint density at radius 3 is 2.31 bits per heavy atom. The third kappa shape index (κ3) is 4.04. The van der Waals surface area contributed by atoms with E-state index in [0.29, 0.717) is 16.3 Å². The summed E-state index contributed by atoms with van der Waals surface area (Å²) in [6.45, 7) is 0. The van der Waals surface area contributed by atoms with Crippen molar-refractivity contribution in [2.75, 3.05) is 26.3 Å². The van der Waals surface area contributed by atoms with Crippen LogP contribution in [0, 0.1) is 0 Å². The molecule has 0 fully saturated rings. The van der Waals surface area contributed by atoms with Gasteiger partial charge >= 0.3 is 11.9 Å². The number of hydrogen-bond acceptors (Lipinski definition) is 9. The van der Waals surface area contributed by atoms with Gasteiger partial charge in [0.2, 0.25) is 5.78 Å². The maximum atomic E-state index is 12.9. The molecule has 1 aliphatic rings. The Morgan fingerprint density at radius 1 is 1.03 bits per heavy atom. The van der Waals surface area contributed by atoms with Gasteiger partial charge in [-0.05, 0) is 41.8 Å². The van der Waals surface area contributed by atoms with Gasteiger partial charge < -0.3 is 14.2 Å². The molecule has 1 aromatic carbocycles. The zero-order valence-electron chi connectivity index (χ0n) is 15.9. The Bertz CT molecular complexity index is 979. The summed E-state index contributed by atoms with van der Waals surface area (Å²) in [5.41, 5.74) is 0.418. The molecule has 0 amide bonds. The van der Waals surface area contributed by atoms with Crippen molar-refractivity contribution in [1.82, 2.24) is 0 Å². The van der Waals surface area contributed by atoms with Gasteiger partial charge in [0.25, 0.3) is 0 Å². The van der Waals surface area contributed by atoms with Gasteiger partial charge in [0.05, 0.1) is 37.5 Å². The predicted molar refractivity (Wildman–Crippen MR) is 107 cm³/mol. The van der Waals surface area contributed by atoms with Crippen LogP contribution < -0.4 is 9.75 Å². The Morgan fingerprint density at radius 2 is 1.76 bits per heavy atom. The number of benzene rings is 1. The highest BCUT2D eigenvalue weighted by Gasteiger charge is 2.39. The van der Waals surface area contributed by atoms with Crippen LogP contribution in [-0.4, -0.2) is 50.8 Å². The number of ether oxygens (including phenoxy) is 3. The molecule has 150 valence electrons. The lowest BCUT2D eigenvalue weighted by atomic mass is 10.00. The van der Waals surface area contributed by atoms with Gasteiger partial charge in [-0.1, -0.05) is 6.07 Å². The molecule has 0 spiro atoms. The van der Waals surface area contributed by atoms with Crippen molar-refractivity contribution in [3.8, 4) is 5.75 Å². The van der Waals surface area contributed by atoms with Crippen LogP contribution >= 0.6 is 11.3 Å². The number of carbonyl (C=O) groups is 3. The van der Waals surface area contributed by atoms with E-state index < -0.39 is 18.0 Å². The summed E-state index contributed by atoms with van der Waals surface area (Å²) in [5, 5.41) is 7.40. The van der Waals surface area contributed by atoms with E-state index in [2.05, 4.69) is 5.10 Å². The molecule has 2 heterocycles. The molecule has 0 bridgehead atoms. The van der Waals surface area contributed by atoms with Gasteiger partial charge in [-0.15, -0.1) is 11.3 Å². The van der Waals surface area contributed by atoms with Crippen LogP contribution in [0.15, 0.2) is 58.5 Å². The third-order valence-electron chi connectivity index (χ3n) is 4.21. The first-order valence-electron chi connectivity index (χ1n) is 8.48. The molecule has 29 heavy (non-hydrogen) atoms. The standard InChI is InChI=1S/C20H18N2O6S/c1-26-13-8-6-12(7-9-13)22-17(20(25)28-3)14(19(24)27-2)11-15(21-22)18(23)16-5-4-10-29-16/h4-11,17H,1-3H3/t17-/m0/s1. The van der Waals surface area contributed by atoms with E-state index in [1.165, 1.54) is 43.8 Å². The van der Waals surface area contributed by atoms with Crippen LogP contribution in [0.4, 0.5) is 5.69 Å². The molecule has 3 rings (SSSR count). The minimum Gasteiger partial charge on any atom is -0.497 e. The molecule has 1 aromatic heterocycles. The number of hydrazone groups is 1. The van der Waals surface area contributed by atoms with Gasteiger partial charge in [0.15, 0.2) is 6.04 Å². The van der Waals surface area contributed by atoms with Gasteiger partial charge in [0.1, 0.15) is 11.5 Å². The molecule has 9 heteroatoms. The Kier molecular flexibility index (Phi) is 6.08. The minimum absolute atomic E-state index is 0.00354. The minimum atomic E-state index is -1.21. The number of rotatable bonds is 6. The lowest BCUT2D eigenvalue weighted by Gasteiger charge is -2.31. The maximum absolute atomic E-state index is 12.9. The molecule has 0 N–H and O–H groups in total. The number of esters is 2. The van der Waals surface area contributed by atoms with E-state index in [1.54, 1.807) is 41.8 Å². The van der Waals surface area contributed by atoms with Gasteiger partial charge in [-0.3, -0.25) is 4.79 Å². The van der Waals surface area contributed by atoms with Gasteiger partial charge in [-0.2, -0.15) is 5.10 Å². The fourth-order valence-electron chi connectivity index (χ4n) is 2.77. The summed E-state index contributed by atoms with van der Waals surface area (Å²) < 4.78 is 14.9. The van der Waals surface area contributed by atoms with Crippen molar-refractivity contribution in [3.63, 3.8) is 0 Å². The summed E-state index contributed by atoms with van der Waals surface area (Å²) >= 11 is 1.25. The molecular weight excluding hydrogens is 396 g/mol. The largest absolute Gasteiger partial charge is 0.497 e. The summed E-state index contributed by atoms with van der Waals surface area (Å²) in [6.07, 6.45) is 1.27. The molecular formula is C20H18N2O6S. The van der Waals surface area contributed by atoms with E-state index in [0.717, 1.165) is 0 Å². The summed E-state index contributed by atoms with van der Waals surface area (Å²) in [4.78, 5) is 38.3. The van der Waals surface area contributed by atoms with Crippen molar-refractivity contribution in [2.24, 2.45) is 5.10 Å². The average Bonchev–Trinajstić information content (AvgIpc) is 3.31. The molecule has 0 radical (unpaired) electrons. The molecule has 1 aliphatic heterocycles. The van der Waals surface area contributed by atoms with Crippen LogP contribution in [0.5, 0.6) is 5.75 Å². The van der Waals surface area contributed by atoms with E-state index >= 15 is 0 Å². The molecule has 1 atom stereocenters. The second kappa shape index (κ2) is 8.70. The summed E-state index contributed by atoms with van der Waals surface area (Å²) in [6, 6.07) is 8.86. The van der Waals surface area contributed by atoms with Crippen molar-refractivity contribution in [3.05, 3.63) is 58.3 Å². The topological polar surface area (TPSA) is 94.5 Å². The van der Waals surface area contributed by atoms with Crippen LogP contribution in [0.25, 0.3) is 0 Å². The highest BCUT2D eigenvalue weighted by Crippen LogP contribution is 2.29. The van der Waals surface area contributed by atoms with Crippen molar-refractivity contribution in [2.45, 2.75) is 6.04 Å². The number of methoxy groups -OCH3 is 3. The van der Waals surface area contributed by atoms with Crippen LogP contribution in [0.3, 0.4) is 0 Å². The monoisotopic (exact) mass is 414 g/mol. The molecule has 0 saturated carbocycles. The van der Waals surface area contributed by atoms with Gasteiger partial charge in [0, 0.05) is 0 Å². The number of hydrogen-bond donors (Lipinski definition) is 0. The Balaban J connectivity index is 2.13. The smallest absolute Gasteiger partial charge is 0.336 e. The zero-order valence-corrected chi connectivity index (χ0v) is 16.8. The third-order valence-corrected chi connectivity index (χ3v) is 5.08. The van der Waals surface area contributed by atoms with E-state index in [9.17, 15) is 14.4 Å². The molecule has 0 unspecified atom stereocenters. The van der Waals surface area contributed by atoms with Crippen LogP contribution in [0.2, 0.25) is 0 Å². The molecule has 0 aliphatic carbocycles. The number of carbonyl (C=O) groups excluding carboxylic acids is 3. The number of Topliss-reactive ketones (excluding diaryl/α,β-unsaturated/α-hetero) is 1. The summed E-state index contributed by atoms with van der Waals surface area (Å²) in [7, 11) is 3.93. The van der Waals surface area contributed by atoms with E-state index in [-0.39, 0.29) is 17.1 Å². The van der Waals surface area contributed by atoms with Crippen molar-refractivity contribution >= 4 is 40.5 Å². The normalized spacial score (nSPS) is 15.8. The molecule has 0 saturated heterocycles. The number of anilines is 1. The average molecular weight is 414 g/mol. The van der Waals surface area contributed by atoms with Crippen LogP contribution in [-0.2, 0) is 19.1 Å². The zero-order chi connectivity index (χ0) is 21.0. The number of ketones is 1. The predicted octanol–water partition coefficient (Wildman–Crippen LogP) is 2.46. The first-order valence-corrected chi connectivity index (χ1v) is 9.36. The van der Waals surface area contributed by atoms with Gasteiger partial charge in [-0.25, -0.2) is 14.6 Å². The van der Waals surface area contributed by atoms with Crippen LogP contribution in [0.1, 0.15) is 9.67 Å². The Hall–Kier alpha value is -3.46. The second-order valence-corrected chi connectivity index (χ2v) is 6.80. The first kappa shape index (κ1) is 20.3. The summed E-state index contributed by atoms with van der Waals surface area (Å²) in [5.74, 6) is -1.25. The van der Waals surface area contributed by atoms with Crippen molar-refractivity contribution < 1.29 is 28.6 Å². The fraction of sp³-hybridized carbons (Fsp3) is 0.200. The SMILES string of the molecule is COC(=O)C1=CC(C(=O)c2cccs2)=NN(c2ccc(OC)cc2)[C@@H]1C(=O)OC. The van der Waals surface area contributed by atoms with Crippen molar-refractivity contribution in [1.29, 1.82) is 0 Å².